The van der Waals surface area contributed by atoms with Gasteiger partial charge in [0.05, 0.1) is 33.9 Å². The number of esters is 2. The summed E-state index contributed by atoms with van der Waals surface area (Å²) in [5.41, 5.74) is 6.00. The van der Waals surface area contributed by atoms with E-state index in [1.165, 1.54) is 14.2 Å². The molecule has 0 heterocycles. The van der Waals surface area contributed by atoms with Crippen LogP contribution < -0.4 is 0 Å². The van der Waals surface area contributed by atoms with Gasteiger partial charge in [-0.3, -0.25) is 0 Å². The fraction of sp³-hybridized carbons (Fsp3) is 0.244. The molecule has 0 unspecified atom stereocenters. The van der Waals surface area contributed by atoms with E-state index in [1.54, 1.807) is 48.8 Å². The summed E-state index contributed by atoms with van der Waals surface area (Å²) in [4.78, 5) is 34.1. The smallest absolute Gasteiger partial charge is 0.338 e. The van der Waals surface area contributed by atoms with E-state index in [1.807, 2.05) is 84.9 Å². The molecule has 13 heteroatoms. The van der Waals surface area contributed by atoms with Gasteiger partial charge in [0.15, 0.2) is 0 Å². The van der Waals surface area contributed by atoms with Crippen LogP contribution in [-0.2, 0) is 30.5 Å². The highest BCUT2D eigenvalue weighted by atomic mass is 79.9. The Kier molecular flexibility index (Phi) is 20.3. The molecule has 304 valence electrons. The van der Waals surface area contributed by atoms with Crippen molar-refractivity contribution in [3.05, 3.63) is 153 Å². The van der Waals surface area contributed by atoms with E-state index in [0.29, 0.717) is 51.2 Å². The van der Waals surface area contributed by atoms with Crippen molar-refractivity contribution in [1.82, 2.24) is 0 Å². The summed E-state index contributed by atoms with van der Waals surface area (Å²) in [6.45, 7) is 0.574. The molecule has 0 saturated heterocycles. The minimum Gasteiger partial charge on any atom is -0.461 e. The van der Waals surface area contributed by atoms with Crippen LogP contribution in [0.15, 0.2) is 132 Å². The number of carbonyl (C=O) groups is 2. The lowest BCUT2D eigenvalue weighted by molar-refractivity contribution is -0.0178. The molecule has 5 rings (SSSR count). The molecule has 2 atom stereocenters. The van der Waals surface area contributed by atoms with Crippen LogP contribution in [0.3, 0.4) is 0 Å². The molecule has 0 bridgehead atoms. The number of hydrogen-bond donors (Lipinski definition) is 0. The van der Waals surface area contributed by atoms with Crippen molar-refractivity contribution < 1.29 is 33.5 Å². The van der Waals surface area contributed by atoms with E-state index in [-0.39, 0.29) is 30.1 Å². The number of ether oxygens (including phenoxy) is 3. The van der Waals surface area contributed by atoms with Gasteiger partial charge in [-0.15, -0.1) is 0 Å². The summed E-state index contributed by atoms with van der Waals surface area (Å²) in [5.74, 6) is -0.740. The minimum absolute atomic E-state index is 0.0685. The number of nitrogens with zero attached hydrogens (tertiary/aromatic N) is 2. The molecule has 0 saturated carbocycles. The number of benzene rings is 5. The van der Waals surface area contributed by atoms with Crippen LogP contribution in [0.4, 0.5) is 0 Å². The van der Waals surface area contributed by atoms with Crippen molar-refractivity contribution in [1.29, 1.82) is 0 Å². The Morgan fingerprint density at radius 3 is 1.55 bits per heavy atom. The Hall–Kier alpha value is -4.71. The van der Waals surface area contributed by atoms with Crippen LogP contribution in [0.2, 0.25) is 15.1 Å². The van der Waals surface area contributed by atoms with Crippen molar-refractivity contribution in [3.8, 4) is 22.3 Å². The SMILES string of the molecule is CON=CCC[C@@H](Br)COC(=O)c1ccc(-c2ccccc2)cc1.CON=CCC[C@@H](COC(=O)c1ccc(-c2ccccc2)cc1)OCc1cc(Cl)c(Cl)cc1Cl. The number of hydrogen-bond acceptors (Lipinski definition) is 9. The van der Waals surface area contributed by atoms with Gasteiger partial charge in [-0.1, -0.05) is 146 Å². The molecule has 0 amide bonds. The first-order valence-electron chi connectivity index (χ1n) is 18.3. The lowest BCUT2D eigenvalue weighted by Gasteiger charge is -2.18. The average molecular weight is 911 g/mol. The lowest BCUT2D eigenvalue weighted by atomic mass is 10.0. The van der Waals surface area contributed by atoms with Crippen LogP contribution in [0.5, 0.6) is 0 Å². The highest BCUT2D eigenvalue weighted by molar-refractivity contribution is 9.09. The molecular formula is C45H44BrCl3N2O7. The first-order valence-corrected chi connectivity index (χ1v) is 20.4. The number of rotatable bonds is 19. The molecule has 0 spiro atoms. The molecule has 0 N–H and O–H groups in total. The summed E-state index contributed by atoms with van der Waals surface area (Å²) >= 11 is 21.8. The maximum absolute atomic E-state index is 12.6. The predicted octanol–water partition coefficient (Wildman–Crippen LogP) is 12.2. The molecule has 0 aliphatic heterocycles. The van der Waals surface area contributed by atoms with Crippen molar-refractivity contribution in [2.45, 2.75) is 43.2 Å². The molecule has 58 heavy (non-hydrogen) atoms. The Bertz CT molecular complexity index is 2050. The van der Waals surface area contributed by atoms with Crippen LogP contribution >= 0.6 is 50.7 Å². The second-order valence-corrected chi connectivity index (χ2v) is 15.1. The number of carbonyl (C=O) groups excluding carboxylic acids is 2. The highest BCUT2D eigenvalue weighted by Crippen LogP contribution is 2.30. The monoisotopic (exact) mass is 908 g/mol. The molecular weight excluding hydrogens is 867 g/mol. The number of oxime groups is 2. The third-order valence-electron chi connectivity index (χ3n) is 8.40. The number of halogens is 4. The van der Waals surface area contributed by atoms with E-state index >= 15 is 0 Å². The zero-order valence-corrected chi connectivity index (χ0v) is 35.9. The summed E-state index contributed by atoms with van der Waals surface area (Å²) in [5, 5.41) is 8.60. The normalized spacial score (nSPS) is 12.0. The molecule has 0 aliphatic rings. The van der Waals surface area contributed by atoms with Crippen molar-refractivity contribution in [3.63, 3.8) is 0 Å². The van der Waals surface area contributed by atoms with E-state index in [2.05, 4.69) is 35.9 Å². The Morgan fingerprint density at radius 2 is 1.05 bits per heavy atom. The first kappa shape index (κ1) is 46.0. The van der Waals surface area contributed by atoms with E-state index in [9.17, 15) is 9.59 Å². The molecule has 5 aromatic rings. The van der Waals surface area contributed by atoms with Gasteiger partial charge in [-0.2, -0.15) is 0 Å². The Morgan fingerprint density at radius 1 is 0.603 bits per heavy atom. The van der Waals surface area contributed by atoms with Crippen LogP contribution in [-0.4, -0.2) is 62.7 Å². The van der Waals surface area contributed by atoms with Gasteiger partial charge in [0.2, 0.25) is 0 Å². The van der Waals surface area contributed by atoms with Gasteiger partial charge in [-0.05, 0) is 89.9 Å². The van der Waals surface area contributed by atoms with Crippen molar-refractivity contribution in [2.75, 3.05) is 27.4 Å². The topological polar surface area (TPSA) is 105 Å². The van der Waals surface area contributed by atoms with Crippen LogP contribution in [0.25, 0.3) is 22.3 Å². The first-order chi connectivity index (χ1) is 28.2. The van der Waals surface area contributed by atoms with Crippen molar-refractivity contribution in [2.24, 2.45) is 10.3 Å². The van der Waals surface area contributed by atoms with E-state index < -0.39 is 5.97 Å². The summed E-state index contributed by atoms with van der Waals surface area (Å²) < 4.78 is 16.8. The van der Waals surface area contributed by atoms with Crippen molar-refractivity contribution >= 4 is 75.1 Å². The number of alkyl halides is 1. The Balaban J connectivity index is 0.000000273. The average Bonchev–Trinajstić information content (AvgIpc) is 3.26. The third-order valence-corrected chi connectivity index (χ3v) is 10.2. The standard InChI is InChI=1S/C26H24Cl3NO4.C19H20BrNO3/c1-32-30-13-5-8-22(33-16-21-14-24(28)25(29)15-23(21)27)17-34-26(31)20-11-9-19(10-12-20)18-6-3-2-4-7-18;1-23-21-13-5-8-18(20)14-24-19(22)17-11-9-16(10-12-17)15-6-3-2-4-7-15/h2-4,6-7,9-15,22H,5,8,16-17H2,1H3;2-4,6-7,9-13,18H,5,8,14H2,1H3/t22-;18-/m01/s1. The van der Waals surface area contributed by atoms with Crippen LogP contribution in [0, 0.1) is 0 Å². The molecule has 9 nitrogen and oxygen atoms in total. The van der Waals surface area contributed by atoms with E-state index in [0.717, 1.165) is 35.1 Å². The quantitative estimate of drug-likeness (QED) is 0.0267. The van der Waals surface area contributed by atoms with Gasteiger partial charge in [0.1, 0.15) is 27.4 Å². The van der Waals surface area contributed by atoms with Gasteiger partial charge in [0, 0.05) is 22.3 Å². The summed E-state index contributed by atoms with van der Waals surface area (Å²) in [7, 11) is 2.98. The van der Waals surface area contributed by atoms with Gasteiger partial charge in [0.25, 0.3) is 0 Å². The predicted molar refractivity (Wildman–Crippen MR) is 237 cm³/mol. The maximum Gasteiger partial charge on any atom is 0.338 e. The second-order valence-electron chi connectivity index (χ2n) is 12.6. The van der Waals surface area contributed by atoms with Gasteiger partial charge >= 0.3 is 11.9 Å². The third kappa shape index (κ3) is 15.9. The summed E-state index contributed by atoms with van der Waals surface area (Å²) in [6, 6.07) is 37.9. The minimum atomic E-state index is -0.425. The zero-order chi connectivity index (χ0) is 41.5. The molecule has 0 radical (unpaired) electrons. The highest BCUT2D eigenvalue weighted by Gasteiger charge is 2.16. The Labute approximate surface area is 363 Å². The van der Waals surface area contributed by atoms with Crippen LogP contribution in [0.1, 0.15) is 52.0 Å². The summed E-state index contributed by atoms with van der Waals surface area (Å²) in [6.07, 6.45) is 5.65. The molecule has 5 aromatic carbocycles. The molecule has 0 aromatic heterocycles. The van der Waals surface area contributed by atoms with Gasteiger partial charge < -0.3 is 23.9 Å². The zero-order valence-electron chi connectivity index (χ0n) is 32.1. The van der Waals surface area contributed by atoms with Gasteiger partial charge in [-0.25, -0.2) is 9.59 Å². The fourth-order valence-corrected chi connectivity index (χ4v) is 6.33. The largest absolute Gasteiger partial charge is 0.461 e. The second kappa shape index (κ2) is 25.6. The fourth-order valence-electron chi connectivity index (χ4n) is 5.31. The molecule has 0 fully saturated rings. The lowest BCUT2D eigenvalue weighted by Crippen LogP contribution is -2.22. The van der Waals surface area contributed by atoms with E-state index in [4.69, 9.17) is 49.0 Å². The molecule has 0 aliphatic carbocycles. The maximum atomic E-state index is 12.6.